The van der Waals surface area contributed by atoms with E-state index in [1.165, 1.54) is 38.8 Å². The quantitative estimate of drug-likeness (QED) is 0.561. The van der Waals surface area contributed by atoms with E-state index in [2.05, 4.69) is 39.6 Å². The van der Waals surface area contributed by atoms with Gasteiger partial charge < -0.3 is 10.2 Å². The van der Waals surface area contributed by atoms with Gasteiger partial charge in [0.05, 0.1) is 19.6 Å². The lowest BCUT2D eigenvalue weighted by Crippen LogP contribution is -3.12. The summed E-state index contributed by atoms with van der Waals surface area (Å²) in [7, 11) is 0. The first-order valence-electron chi connectivity index (χ1n) is 8.14. The van der Waals surface area contributed by atoms with Crippen LogP contribution in [0.15, 0.2) is 12.2 Å². The summed E-state index contributed by atoms with van der Waals surface area (Å²) in [5.41, 5.74) is 0.430. The first-order chi connectivity index (χ1) is 9.32. The van der Waals surface area contributed by atoms with Crippen LogP contribution in [0.5, 0.6) is 0 Å². The normalized spacial score (nSPS) is 11.7. The SMILES string of the molecule is C=C(C)C(=O)NC(C)(C)CC[NH+](CCCC)CCCC. The monoisotopic (exact) mass is 283 g/mol. The molecule has 0 bridgehead atoms. The first-order valence-corrected chi connectivity index (χ1v) is 8.14. The molecular formula is C17H35N2O+. The molecule has 20 heavy (non-hydrogen) atoms. The maximum absolute atomic E-state index is 11.7. The minimum Gasteiger partial charge on any atom is -0.347 e. The average Bonchev–Trinajstić information content (AvgIpc) is 2.37. The predicted octanol–water partition coefficient (Wildman–Crippen LogP) is 2.33. The van der Waals surface area contributed by atoms with E-state index in [4.69, 9.17) is 0 Å². The van der Waals surface area contributed by atoms with Crippen molar-refractivity contribution in [2.75, 3.05) is 19.6 Å². The van der Waals surface area contributed by atoms with E-state index in [9.17, 15) is 4.79 Å². The van der Waals surface area contributed by atoms with Crippen LogP contribution in [0, 0.1) is 0 Å². The zero-order valence-corrected chi connectivity index (χ0v) is 14.3. The lowest BCUT2D eigenvalue weighted by atomic mass is 9.99. The van der Waals surface area contributed by atoms with Crippen molar-refractivity contribution in [3.05, 3.63) is 12.2 Å². The Morgan fingerprint density at radius 3 is 2.00 bits per heavy atom. The average molecular weight is 283 g/mol. The van der Waals surface area contributed by atoms with E-state index < -0.39 is 0 Å². The standard InChI is InChI=1S/C17H34N2O/c1-7-9-12-19(13-10-8-2)14-11-17(5,6)18-16(20)15(3)4/h3,7-14H2,1-2,4-6H3,(H,18,20)/p+1. The van der Waals surface area contributed by atoms with Crippen LogP contribution in [0.25, 0.3) is 0 Å². The highest BCUT2D eigenvalue weighted by Gasteiger charge is 2.22. The van der Waals surface area contributed by atoms with Crippen molar-refractivity contribution in [3.8, 4) is 0 Å². The number of quaternary nitrogens is 1. The van der Waals surface area contributed by atoms with Gasteiger partial charge in [0.1, 0.15) is 0 Å². The number of hydrogen-bond acceptors (Lipinski definition) is 1. The van der Waals surface area contributed by atoms with Crippen LogP contribution < -0.4 is 10.2 Å². The minimum absolute atomic E-state index is 0.0290. The van der Waals surface area contributed by atoms with Crippen LogP contribution in [0.2, 0.25) is 0 Å². The van der Waals surface area contributed by atoms with Gasteiger partial charge in [0.25, 0.3) is 0 Å². The molecule has 0 saturated carbocycles. The van der Waals surface area contributed by atoms with Crippen molar-refractivity contribution in [1.29, 1.82) is 0 Å². The molecule has 0 atom stereocenters. The topological polar surface area (TPSA) is 33.5 Å². The van der Waals surface area contributed by atoms with Crippen molar-refractivity contribution in [3.63, 3.8) is 0 Å². The molecule has 0 saturated heterocycles. The molecule has 0 aromatic rings. The van der Waals surface area contributed by atoms with Crippen LogP contribution in [0.1, 0.15) is 66.7 Å². The zero-order chi connectivity index (χ0) is 15.6. The Balaban J connectivity index is 4.27. The fourth-order valence-corrected chi connectivity index (χ4v) is 2.19. The summed E-state index contributed by atoms with van der Waals surface area (Å²) in [6, 6.07) is 0. The molecule has 0 aromatic heterocycles. The Bertz CT molecular complexity index is 289. The summed E-state index contributed by atoms with van der Waals surface area (Å²) in [4.78, 5) is 13.4. The van der Waals surface area contributed by atoms with Crippen molar-refractivity contribution >= 4 is 5.91 Å². The Kier molecular flexibility index (Phi) is 9.56. The van der Waals surface area contributed by atoms with E-state index >= 15 is 0 Å². The number of carbonyl (C=O) groups excluding carboxylic acids is 1. The zero-order valence-electron chi connectivity index (χ0n) is 14.3. The van der Waals surface area contributed by atoms with Gasteiger partial charge in [0, 0.05) is 17.5 Å². The van der Waals surface area contributed by atoms with Crippen LogP contribution in [0.4, 0.5) is 0 Å². The van der Waals surface area contributed by atoms with Crippen LogP contribution in [0.3, 0.4) is 0 Å². The van der Waals surface area contributed by atoms with E-state index in [0.29, 0.717) is 5.57 Å². The highest BCUT2D eigenvalue weighted by atomic mass is 16.1. The van der Waals surface area contributed by atoms with E-state index in [0.717, 1.165) is 13.0 Å². The minimum atomic E-state index is -0.153. The fourth-order valence-electron chi connectivity index (χ4n) is 2.19. The highest BCUT2D eigenvalue weighted by molar-refractivity contribution is 5.92. The van der Waals surface area contributed by atoms with Crippen LogP contribution >= 0.6 is 0 Å². The van der Waals surface area contributed by atoms with Crippen molar-refractivity contribution in [1.82, 2.24) is 5.32 Å². The second-order valence-electron chi connectivity index (χ2n) is 6.58. The Morgan fingerprint density at radius 1 is 1.10 bits per heavy atom. The third-order valence-corrected chi connectivity index (χ3v) is 3.71. The van der Waals surface area contributed by atoms with E-state index in [1.807, 2.05) is 0 Å². The van der Waals surface area contributed by atoms with Gasteiger partial charge in [-0.15, -0.1) is 0 Å². The molecule has 0 aliphatic carbocycles. The summed E-state index contributed by atoms with van der Waals surface area (Å²) in [6.07, 6.45) is 6.10. The summed E-state index contributed by atoms with van der Waals surface area (Å²) in [5, 5.41) is 3.07. The molecule has 0 radical (unpaired) electrons. The lowest BCUT2D eigenvalue weighted by Gasteiger charge is -2.29. The summed E-state index contributed by atoms with van der Waals surface area (Å²) < 4.78 is 0. The van der Waals surface area contributed by atoms with Crippen LogP contribution in [-0.2, 0) is 4.79 Å². The second-order valence-corrected chi connectivity index (χ2v) is 6.58. The molecular weight excluding hydrogens is 248 g/mol. The first kappa shape index (κ1) is 19.2. The number of amides is 1. The van der Waals surface area contributed by atoms with Crippen molar-refractivity contribution < 1.29 is 9.69 Å². The largest absolute Gasteiger partial charge is 0.347 e. The molecule has 0 rings (SSSR count). The third-order valence-electron chi connectivity index (χ3n) is 3.71. The molecule has 118 valence electrons. The molecule has 0 aliphatic heterocycles. The number of rotatable bonds is 11. The van der Waals surface area contributed by atoms with Gasteiger partial charge in [0.15, 0.2) is 0 Å². The molecule has 0 heterocycles. The number of unbranched alkanes of at least 4 members (excludes halogenated alkanes) is 2. The van der Waals surface area contributed by atoms with Gasteiger partial charge in [-0.3, -0.25) is 4.79 Å². The third kappa shape index (κ3) is 9.13. The van der Waals surface area contributed by atoms with Crippen LogP contribution in [-0.4, -0.2) is 31.1 Å². The van der Waals surface area contributed by atoms with E-state index in [1.54, 1.807) is 11.8 Å². The molecule has 3 heteroatoms. The Hall–Kier alpha value is -0.830. The molecule has 1 amide bonds. The maximum Gasteiger partial charge on any atom is 0.246 e. The summed E-state index contributed by atoms with van der Waals surface area (Å²) in [6.45, 7) is 17.8. The molecule has 0 fully saturated rings. The highest BCUT2D eigenvalue weighted by Crippen LogP contribution is 2.07. The molecule has 3 nitrogen and oxygen atoms in total. The number of nitrogens with one attached hydrogen (secondary N) is 2. The van der Waals surface area contributed by atoms with Gasteiger partial charge >= 0.3 is 0 Å². The van der Waals surface area contributed by atoms with Gasteiger partial charge in [-0.25, -0.2) is 0 Å². The van der Waals surface area contributed by atoms with Gasteiger partial charge in [-0.05, 0) is 33.6 Å². The molecule has 0 aliphatic rings. The molecule has 0 unspecified atom stereocenters. The fraction of sp³-hybridized carbons (Fsp3) is 0.824. The number of carbonyl (C=O) groups is 1. The maximum atomic E-state index is 11.7. The smallest absolute Gasteiger partial charge is 0.246 e. The van der Waals surface area contributed by atoms with Gasteiger partial charge in [0.2, 0.25) is 5.91 Å². The second kappa shape index (κ2) is 9.98. The molecule has 0 aromatic carbocycles. The summed E-state index contributed by atoms with van der Waals surface area (Å²) in [5.74, 6) is -0.0290. The molecule has 2 N–H and O–H groups in total. The number of hydrogen-bond donors (Lipinski definition) is 2. The van der Waals surface area contributed by atoms with Crippen molar-refractivity contribution in [2.24, 2.45) is 0 Å². The molecule has 0 spiro atoms. The van der Waals surface area contributed by atoms with E-state index in [-0.39, 0.29) is 11.4 Å². The Labute approximate surface area is 125 Å². The Morgan fingerprint density at radius 2 is 1.60 bits per heavy atom. The summed E-state index contributed by atoms with van der Waals surface area (Å²) >= 11 is 0. The lowest BCUT2D eigenvalue weighted by molar-refractivity contribution is -0.901. The predicted molar refractivity (Wildman–Crippen MR) is 87.0 cm³/mol. The van der Waals surface area contributed by atoms with Crippen molar-refractivity contribution in [2.45, 2.75) is 72.3 Å². The van der Waals surface area contributed by atoms with Gasteiger partial charge in [-0.2, -0.15) is 0 Å². The van der Waals surface area contributed by atoms with Gasteiger partial charge in [-0.1, -0.05) is 33.3 Å².